The minimum absolute atomic E-state index is 0. The molecule has 0 saturated carbocycles. The van der Waals surface area contributed by atoms with Crippen LogP contribution in [0.25, 0.3) is 0 Å². The maximum atomic E-state index is 10.9. The Morgan fingerprint density at radius 3 is 2.64 bits per heavy atom. The van der Waals surface area contributed by atoms with Crippen LogP contribution in [0.5, 0.6) is 0 Å². The Morgan fingerprint density at radius 2 is 2.09 bits per heavy atom. The van der Waals surface area contributed by atoms with Crippen molar-refractivity contribution in [3.8, 4) is 0 Å². The average molecular weight is 182 g/mol. The van der Waals surface area contributed by atoms with Gasteiger partial charge in [-0.25, -0.2) is 0 Å². The van der Waals surface area contributed by atoms with Crippen LogP contribution in [-0.2, 0) is 4.79 Å². The third kappa shape index (κ3) is 13.5. The Labute approximate surface area is 112 Å². The van der Waals surface area contributed by atoms with Gasteiger partial charge in [0.1, 0.15) is 0 Å². The van der Waals surface area contributed by atoms with Crippen molar-refractivity contribution in [3.63, 3.8) is 0 Å². The van der Waals surface area contributed by atoms with E-state index in [0.29, 0.717) is 0 Å². The summed E-state index contributed by atoms with van der Waals surface area (Å²) in [6.45, 7) is -3.78. The van der Waals surface area contributed by atoms with Crippen molar-refractivity contribution in [1.29, 1.82) is 0 Å². The molecule has 0 aliphatic carbocycles. The molecule has 0 bridgehead atoms. The normalized spacial score (nSPS) is 38.0. The molecule has 0 aliphatic rings. The van der Waals surface area contributed by atoms with Crippen LogP contribution < -0.4 is 0 Å². The van der Waals surface area contributed by atoms with Crippen LogP contribution >= 0.6 is 0 Å². The zero-order valence-electron chi connectivity index (χ0n) is 20.9. The van der Waals surface area contributed by atoms with E-state index >= 15 is 0 Å². The first-order valence-electron chi connectivity index (χ1n) is 9.68. The van der Waals surface area contributed by atoms with E-state index in [1.165, 1.54) is 0 Å². The zero-order chi connectivity index (χ0) is 21.1. The first kappa shape index (κ1) is 2.10. The summed E-state index contributed by atoms with van der Waals surface area (Å²) >= 11 is 0. The van der Waals surface area contributed by atoms with E-state index in [9.17, 15) is 4.79 Å². The molecule has 0 aromatic carbocycles. The van der Waals surface area contributed by atoms with E-state index in [4.69, 9.17) is 25.7 Å². The Kier molecular flexibility index (Phi) is 2.00. The molecule has 0 aliphatic heterocycles. The number of carboxylic acid groups (broad SMARTS) is 1. The third-order valence-corrected chi connectivity index (χ3v) is 0.419. The van der Waals surface area contributed by atoms with Gasteiger partial charge in [0.25, 0.3) is 0 Å². The van der Waals surface area contributed by atoms with Gasteiger partial charge in [0.05, 0.1) is 0 Å². The minimum Gasteiger partial charge on any atom is -0.481 e. The molecule has 1 N–H and O–H groups in total. The summed E-state index contributed by atoms with van der Waals surface area (Å²) in [5.41, 5.74) is 0. The molecule has 0 aromatic rings. The third-order valence-electron chi connectivity index (χ3n) is 0.419. The van der Waals surface area contributed by atoms with Gasteiger partial charge in [-0.2, -0.15) is 0 Å². The van der Waals surface area contributed by atoms with E-state index in [1.807, 2.05) is 0 Å². The van der Waals surface area contributed by atoms with Gasteiger partial charge in [0, 0.05) is 56.5 Å². The van der Waals surface area contributed by atoms with Crippen molar-refractivity contribution in [2.45, 2.75) is 45.1 Å². The Morgan fingerprint density at radius 1 is 1.45 bits per heavy atom. The van der Waals surface area contributed by atoms with Gasteiger partial charge in [-0.3, -0.25) is 4.79 Å². The van der Waals surface area contributed by atoms with E-state index in [0.717, 1.165) is 0 Å². The van der Waals surface area contributed by atoms with E-state index in [-0.39, 0.29) is 29.6 Å². The van der Waals surface area contributed by atoms with Crippen LogP contribution in [0.3, 0.4) is 0 Å². The molecular formula is C8H16NaO2. The molecule has 2 nitrogen and oxygen atoms in total. The second-order valence-corrected chi connectivity index (χ2v) is 1.06. The van der Waals surface area contributed by atoms with E-state index < -0.39 is 51.1 Å². The molecule has 0 unspecified atom stereocenters. The molecule has 11 heavy (non-hydrogen) atoms. The standard InChI is InChI=1S/C8H16O2.Na/c1-2-3-4-5-6-7-8(9)10;/h2-7H2,1H3,(H,9,10);/i1D3,2D2,3D2,4D2,5D2,6D2,7D2;. The smallest absolute Gasteiger partial charge is 0.303 e. The molecule has 61 valence electrons. The quantitative estimate of drug-likeness (QED) is 0.638. The van der Waals surface area contributed by atoms with Crippen molar-refractivity contribution in [2.24, 2.45) is 0 Å². The first-order chi connectivity index (χ1) is 10.4. The number of rotatable bonds is 6. The van der Waals surface area contributed by atoms with Crippen molar-refractivity contribution in [3.05, 3.63) is 0 Å². The van der Waals surface area contributed by atoms with Gasteiger partial charge in [-0.15, -0.1) is 0 Å². The summed E-state index contributed by atoms with van der Waals surface area (Å²) in [5.74, 6) is -2.50. The molecule has 0 aromatic heterocycles. The fourth-order valence-electron chi connectivity index (χ4n) is 0.178. The SMILES string of the molecule is [2H]C([2H])([2H])C([2H])([2H])C([2H])([2H])C([2H])([2H])C([2H])([2H])C([2H])([2H])C([2H])([2H])C(=O)O.[Na]. The topological polar surface area (TPSA) is 37.3 Å². The van der Waals surface area contributed by atoms with Crippen molar-refractivity contribution in [1.82, 2.24) is 0 Å². The Bertz CT molecular complexity index is 536. The maximum Gasteiger partial charge on any atom is 0.303 e. The number of aliphatic carboxylic acids is 1. The molecule has 0 fully saturated rings. The largest absolute Gasteiger partial charge is 0.481 e. The molecule has 1 radical (unpaired) electrons. The fraction of sp³-hybridized carbons (Fsp3) is 0.875. The fourth-order valence-corrected chi connectivity index (χ4v) is 0.178. The van der Waals surface area contributed by atoms with Crippen LogP contribution in [0, 0.1) is 0 Å². The van der Waals surface area contributed by atoms with Crippen LogP contribution in [0.4, 0.5) is 0 Å². The summed E-state index contributed by atoms with van der Waals surface area (Å²) in [6, 6.07) is 0. The number of hydrogen-bond acceptors (Lipinski definition) is 1. The van der Waals surface area contributed by atoms with Crippen LogP contribution in [-0.4, -0.2) is 40.6 Å². The average Bonchev–Trinajstić information content (AvgIpc) is 2.35. The molecule has 0 saturated heterocycles. The first-order valence-corrected chi connectivity index (χ1v) is 2.18. The van der Waals surface area contributed by atoms with Gasteiger partial charge < -0.3 is 5.11 Å². The summed E-state index contributed by atoms with van der Waals surface area (Å²) in [4.78, 5) is 10.9. The zero-order valence-corrected chi connectivity index (χ0v) is 7.86. The molecular weight excluding hydrogens is 151 g/mol. The molecule has 0 atom stereocenters. The van der Waals surface area contributed by atoms with Gasteiger partial charge in [-0.05, 0) is 6.37 Å². The van der Waals surface area contributed by atoms with Gasteiger partial charge in [-0.1, -0.05) is 32.3 Å². The van der Waals surface area contributed by atoms with Gasteiger partial charge >= 0.3 is 5.97 Å². The summed E-state index contributed by atoms with van der Waals surface area (Å²) in [5, 5.41) is 8.74. The minimum atomic E-state index is -4.29. The second kappa shape index (κ2) is 10.5. The van der Waals surface area contributed by atoms with Crippen molar-refractivity contribution >= 4 is 35.5 Å². The summed E-state index contributed by atoms with van der Waals surface area (Å²) < 4.78 is 110. The van der Waals surface area contributed by atoms with Gasteiger partial charge in [0.15, 0.2) is 0 Å². The molecule has 0 heterocycles. The summed E-state index contributed by atoms with van der Waals surface area (Å²) in [6.07, 6.45) is -25.0. The Hall–Kier alpha value is 0.470. The molecule has 0 amide bonds. The van der Waals surface area contributed by atoms with Crippen LogP contribution in [0.2, 0.25) is 0 Å². The van der Waals surface area contributed by atoms with Crippen LogP contribution in [0.15, 0.2) is 0 Å². The molecule has 0 rings (SSSR count). The number of hydrogen-bond donors (Lipinski definition) is 1. The monoisotopic (exact) mass is 182 g/mol. The van der Waals surface area contributed by atoms with E-state index in [1.54, 1.807) is 0 Å². The molecule has 0 spiro atoms. The number of carboxylic acids is 1. The van der Waals surface area contributed by atoms with Gasteiger partial charge in [0.2, 0.25) is 0 Å². The maximum absolute atomic E-state index is 10.9. The summed E-state index contributed by atoms with van der Waals surface area (Å²) in [7, 11) is 0. The predicted molar refractivity (Wildman–Crippen MR) is 46.8 cm³/mol. The van der Waals surface area contributed by atoms with Crippen LogP contribution in [0.1, 0.15) is 65.7 Å². The van der Waals surface area contributed by atoms with Crippen molar-refractivity contribution < 1.29 is 30.5 Å². The Balaban J connectivity index is 0. The number of carbonyl (C=O) groups is 1. The molecule has 3 heteroatoms. The second-order valence-electron chi connectivity index (χ2n) is 1.06. The van der Waals surface area contributed by atoms with E-state index in [2.05, 4.69) is 0 Å². The predicted octanol–water partition coefficient (Wildman–Crippen LogP) is 2.05. The van der Waals surface area contributed by atoms with Crippen molar-refractivity contribution in [2.75, 3.05) is 0 Å².